The van der Waals surface area contributed by atoms with Crippen molar-refractivity contribution in [2.75, 3.05) is 12.1 Å². The highest BCUT2D eigenvalue weighted by Gasteiger charge is 2.18. The minimum Gasteiger partial charge on any atom is -0.454 e. The summed E-state index contributed by atoms with van der Waals surface area (Å²) in [6.07, 6.45) is 1.44. The van der Waals surface area contributed by atoms with Gasteiger partial charge in [0.1, 0.15) is 17.5 Å². The van der Waals surface area contributed by atoms with Crippen molar-refractivity contribution in [2.24, 2.45) is 0 Å². The fourth-order valence-electron chi connectivity index (χ4n) is 2.12. The molecule has 0 unspecified atom stereocenters. The molecule has 3 rings (SSSR count). The van der Waals surface area contributed by atoms with Gasteiger partial charge in [-0.2, -0.15) is 5.26 Å². The molecule has 0 aromatic heterocycles. The van der Waals surface area contributed by atoms with E-state index in [0.717, 1.165) is 0 Å². The van der Waals surface area contributed by atoms with Gasteiger partial charge in [-0.15, -0.1) is 0 Å². The van der Waals surface area contributed by atoms with Crippen LogP contribution in [0.1, 0.15) is 5.56 Å². The molecule has 2 aromatic rings. The highest BCUT2D eigenvalue weighted by Crippen LogP contribution is 2.40. The molecule has 0 bridgehead atoms. The maximum Gasteiger partial charge on any atom is 0.266 e. The van der Waals surface area contributed by atoms with Crippen molar-refractivity contribution in [1.82, 2.24) is 0 Å². The van der Waals surface area contributed by atoms with Crippen LogP contribution in [0, 0.1) is 17.1 Å². The average molecular weight is 389 g/mol. The number of anilines is 1. The third-order valence-electron chi connectivity index (χ3n) is 3.23. The summed E-state index contributed by atoms with van der Waals surface area (Å²) in [5.74, 6) is 0.125. The van der Waals surface area contributed by atoms with Gasteiger partial charge in [-0.3, -0.25) is 4.79 Å². The number of nitriles is 1. The molecule has 1 heterocycles. The summed E-state index contributed by atoms with van der Waals surface area (Å²) in [6.45, 7) is 0.122. The summed E-state index contributed by atoms with van der Waals surface area (Å²) < 4.78 is 24.1. The molecule has 1 N–H and O–H groups in total. The van der Waals surface area contributed by atoms with Crippen molar-refractivity contribution in [2.45, 2.75) is 0 Å². The Kier molecular flexibility index (Phi) is 4.49. The molecule has 120 valence electrons. The van der Waals surface area contributed by atoms with E-state index in [1.54, 1.807) is 12.1 Å². The Morgan fingerprint density at radius 1 is 1.29 bits per heavy atom. The van der Waals surface area contributed by atoms with Gasteiger partial charge < -0.3 is 14.8 Å². The van der Waals surface area contributed by atoms with E-state index in [9.17, 15) is 14.4 Å². The smallest absolute Gasteiger partial charge is 0.266 e. The van der Waals surface area contributed by atoms with Gasteiger partial charge in [-0.25, -0.2) is 4.39 Å². The molecule has 0 aliphatic carbocycles. The first kappa shape index (κ1) is 16.0. The topological polar surface area (TPSA) is 71.3 Å². The second-order valence-corrected chi connectivity index (χ2v) is 5.72. The van der Waals surface area contributed by atoms with E-state index in [4.69, 9.17) is 9.47 Å². The van der Waals surface area contributed by atoms with E-state index in [1.165, 1.54) is 30.3 Å². The minimum atomic E-state index is -0.585. The van der Waals surface area contributed by atoms with Gasteiger partial charge in [0.15, 0.2) is 11.5 Å². The van der Waals surface area contributed by atoms with Crippen LogP contribution in [0.2, 0.25) is 0 Å². The zero-order chi connectivity index (χ0) is 17.1. The van der Waals surface area contributed by atoms with E-state index in [1.807, 2.05) is 6.07 Å². The van der Waals surface area contributed by atoms with Crippen molar-refractivity contribution in [3.05, 3.63) is 57.8 Å². The third kappa shape index (κ3) is 3.39. The van der Waals surface area contributed by atoms with Gasteiger partial charge in [0.05, 0.1) is 4.47 Å². The first-order chi connectivity index (χ1) is 11.6. The van der Waals surface area contributed by atoms with E-state index >= 15 is 0 Å². The Bertz CT molecular complexity index is 873. The normalized spacial score (nSPS) is 12.6. The first-order valence-electron chi connectivity index (χ1n) is 6.84. The number of nitrogens with zero attached hydrogens (tertiary/aromatic N) is 1. The van der Waals surface area contributed by atoms with Crippen LogP contribution in [0.3, 0.4) is 0 Å². The van der Waals surface area contributed by atoms with E-state index in [-0.39, 0.29) is 12.4 Å². The van der Waals surface area contributed by atoms with Crippen molar-refractivity contribution < 1.29 is 18.7 Å². The zero-order valence-electron chi connectivity index (χ0n) is 12.2. The Morgan fingerprint density at radius 2 is 2.04 bits per heavy atom. The monoisotopic (exact) mass is 388 g/mol. The van der Waals surface area contributed by atoms with Gasteiger partial charge in [0, 0.05) is 5.69 Å². The van der Waals surface area contributed by atoms with Gasteiger partial charge in [0.25, 0.3) is 5.91 Å². The van der Waals surface area contributed by atoms with Crippen LogP contribution in [0.5, 0.6) is 11.5 Å². The van der Waals surface area contributed by atoms with Gasteiger partial charge in [-0.1, -0.05) is 0 Å². The molecule has 0 saturated carbocycles. The number of carbonyl (C=O) groups excluding carboxylic acids is 1. The van der Waals surface area contributed by atoms with Crippen molar-refractivity contribution in [3.8, 4) is 17.6 Å². The van der Waals surface area contributed by atoms with E-state index in [0.29, 0.717) is 27.2 Å². The van der Waals surface area contributed by atoms with Crippen molar-refractivity contribution >= 4 is 33.6 Å². The largest absolute Gasteiger partial charge is 0.454 e. The highest BCUT2D eigenvalue weighted by atomic mass is 79.9. The molecule has 0 atom stereocenters. The number of amides is 1. The number of hydrogen-bond acceptors (Lipinski definition) is 4. The van der Waals surface area contributed by atoms with E-state index in [2.05, 4.69) is 21.2 Å². The SMILES string of the molecule is N#C/C(=C\c1cc(Br)c2c(c1)OCO2)C(=O)Nc1ccc(F)cc1. The van der Waals surface area contributed by atoms with Crippen LogP contribution in [0.4, 0.5) is 10.1 Å². The highest BCUT2D eigenvalue weighted by molar-refractivity contribution is 9.10. The molecule has 0 spiro atoms. The van der Waals surface area contributed by atoms with Gasteiger partial charge >= 0.3 is 0 Å². The van der Waals surface area contributed by atoms with Gasteiger partial charge in [-0.05, 0) is 64.0 Å². The number of halogens is 2. The molecule has 0 radical (unpaired) electrons. The molecule has 7 heteroatoms. The summed E-state index contributed by atoms with van der Waals surface area (Å²) >= 11 is 3.35. The molecule has 0 fully saturated rings. The third-order valence-corrected chi connectivity index (χ3v) is 3.82. The Hall–Kier alpha value is -2.85. The van der Waals surface area contributed by atoms with Crippen LogP contribution in [-0.4, -0.2) is 12.7 Å². The van der Waals surface area contributed by atoms with Gasteiger partial charge in [0.2, 0.25) is 6.79 Å². The lowest BCUT2D eigenvalue weighted by atomic mass is 10.1. The van der Waals surface area contributed by atoms with Crippen LogP contribution in [0.25, 0.3) is 6.08 Å². The predicted molar refractivity (Wildman–Crippen MR) is 88.9 cm³/mol. The number of fused-ring (bicyclic) bond motifs is 1. The number of nitrogens with one attached hydrogen (secondary N) is 1. The van der Waals surface area contributed by atoms with E-state index < -0.39 is 11.7 Å². The van der Waals surface area contributed by atoms with Crippen LogP contribution in [-0.2, 0) is 4.79 Å². The lowest BCUT2D eigenvalue weighted by Crippen LogP contribution is -2.13. The maximum absolute atomic E-state index is 12.9. The molecule has 5 nitrogen and oxygen atoms in total. The second-order valence-electron chi connectivity index (χ2n) is 4.87. The molecular weight excluding hydrogens is 379 g/mol. The van der Waals surface area contributed by atoms with Crippen molar-refractivity contribution in [3.63, 3.8) is 0 Å². The molecule has 1 amide bonds. The molecule has 1 aliphatic heterocycles. The van der Waals surface area contributed by atoms with Crippen LogP contribution in [0.15, 0.2) is 46.4 Å². The first-order valence-corrected chi connectivity index (χ1v) is 7.64. The number of rotatable bonds is 3. The summed E-state index contributed by atoms with van der Waals surface area (Å²) in [4.78, 5) is 12.2. The predicted octanol–water partition coefficient (Wildman–Crippen LogP) is 3.86. The number of carbonyl (C=O) groups is 1. The Morgan fingerprint density at radius 3 is 2.75 bits per heavy atom. The fraction of sp³-hybridized carbons (Fsp3) is 0.0588. The fourth-order valence-corrected chi connectivity index (χ4v) is 2.69. The summed E-state index contributed by atoms with van der Waals surface area (Å²) in [7, 11) is 0. The summed E-state index contributed by atoms with van der Waals surface area (Å²) in [5.41, 5.74) is 0.913. The zero-order valence-corrected chi connectivity index (χ0v) is 13.8. The minimum absolute atomic E-state index is 0.0925. The molecule has 24 heavy (non-hydrogen) atoms. The lowest BCUT2D eigenvalue weighted by molar-refractivity contribution is -0.112. The van der Waals surface area contributed by atoms with Crippen LogP contribution >= 0.6 is 15.9 Å². The molecular formula is C17H10BrFN2O3. The summed E-state index contributed by atoms with van der Waals surface area (Å²) in [5, 5.41) is 11.8. The maximum atomic E-state index is 12.9. The molecule has 1 aliphatic rings. The Labute approximate surface area is 145 Å². The second kappa shape index (κ2) is 6.72. The Balaban J connectivity index is 1.84. The molecule has 0 saturated heterocycles. The van der Waals surface area contributed by atoms with Crippen LogP contribution < -0.4 is 14.8 Å². The molecule has 2 aromatic carbocycles. The quantitative estimate of drug-likeness (QED) is 0.639. The number of hydrogen-bond donors (Lipinski definition) is 1. The standard InChI is InChI=1S/C17H10BrFN2O3/c18-14-6-10(7-15-16(14)24-9-23-15)5-11(8-20)17(22)21-13-3-1-12(19)2-4-13/h1-7H,9H2,(H,21,22)/b11-5+. The lowest BCUT2D eigenvalue weighted by Gasteiger charge is -2.05. The number of ether oxygens (including phenoxy) is 2. The van der Waals surface area contributed by atoms with Crippen molar-refractivity contribution in [1.29, 1.82) is 5.26 Å². The number of benzene rings is 2. The average Bonchev–Trinajstić information content (AvgIpc) is 3.03. The summed E-state index contributed by atoms with van der Waals surface area (Å²) in [6, 6.07) is 10.5.